The zero-order valence-electron chi connectivity index (χ0n) is 12.9. The maximum Gasteiger partial charge on any atom is 0.119 e. The fraction of sp³-hybridized carbons (Fsp3) is 0.333. The summed E-state index contributed by atoms with van der Waals surface area (Å²) in [5.74, 6) is 0.896. The lowest BCUT2D eigenvalue weighted by Crippen LogP contribution is -2.09. The van der Waals surface area contributed by atoms with Crippen molar-refractivity contribution in [3.05, 3.63) is 58.7 Å². The zero-order valence-corrected chi connectivity index (χ0v) is 12.9. The lowest BCUT2D eigenvalue weighted by atomic mass is 9.99. The topological polar surface area (TPSA) is 21.3 Å². The van der Waals surface area contributed by atoms with Crippen molar-refractivity contribution in [2.45, 2.75) is 33.7 Å². The average molecular weight is 269 g/mol. The first-order valence-corrected chi connectivity index (χ1v) is 6.99. The summed E-state index contributed by atoms with van der Waals surface area (Å²) in [5, 5.41) is 3.59. The zero-order chi connectivity index (χ0) is 14.7. The number of nitrogens with one attached hydrogen (secondary N) is 1. The van der Waals surface area contributed by atoms with Gasteiger partial charge in [-0.25, -0.2) is 0 Å². The lowest BCUT2D eigenvalue weighted by molar-refractivity contribution is 0.414. The fourth-order valence-corrected chi connectivity index (χ4v) is 2.46. The number of rotatable bonds is 4. The van der Waals surface area contributed by atoms with Crippen molar-refractivity contribution in [3.8, 4) is 5.75 Å². The highest BCUT2D eigenvalue weighted by Gasteiger charge is 2.10. The van der Waals surface area contributed by atoms with Gasteiger partial charge in [-0.05, 0) is 62.6 Å². The van der Waals surface area contributed by atoms with E-state index in [0.29, 0.717) is 0 Å². The molecule has 0 aliphatic heterocycles. The Morgan fingerprint density at radius 3 is 2.35 bits per heavy atom. The van der Waals surface area contributed by atoms with Gasteiger partial charge in [-0.15, -0.1) is 0 Å². The van der Waals surface area contributed by atoms with Gasteiger partial charge in [-0.1, -0.05) is 23.8 Å². The van der Waals surface area contributed by atoms with Crippen LogP contribution in [0.2, 0.25) is 0 Å². The quantitative estimate of drug-likeness (QED) is 0.861. The van der Waals surface area contributed by atoms with Crippen molar-refractivity contribution in [1.29, 1.82) is 0 Å². The standard InChI is InChI=1S/C18H23NO/c1-12-6-7-13(2)17(10-12)15(4)19-18-9-8-16(20-5)11-14(18)3/h6-11,15,19H,1-5H3. The van der Waals surface area contributed by atoms with E-state index in [1.807, 2.05) is 6.07 Å². The lowest BCUT2D eigenvalue weighted by Gasteiger charge is -2.20. The Morgan fingerprint density at radius 2 is 1.70 bits per heavy atom. The number of hydrogen-bond donors (Lipinski definition) is 1. The molecule has 0 bridgehead atoms. The van der Waals surface area contributed by atoms with E-state index >= 15 is 0 Å². The summed E-state index contributed by atoms with van der Waals surface area (Å²) in [5.41, 5.74) is 6.31. The largest absolute Gasteiger partial charge is 0.497 e. The minimum Gasteiger partial charge on any atom is -0.497 e. The summed E-state index contributed by atoms with van der Waals surface area (Å²) < 4.78 is 5.25. The molecule has 106 valence electrons. The minimum absolute atomic E-state index is 0.280. The van der Waals surface area contributed by atoms with Crippen LogP contribution in [0.5, 0.6) is 5.75 Å². The molecule has 1 atom stereocenters. The van der Waals surface area contributed by atoms with E-state index in [0.717, 1.165) is 11.4 Å². The first kappa shape index (κ1) is 14.4. The van der Waals surface area contributed by atoms with Crippen LogP contribution in [0, 0.1) is 20.8 Å². The molecular formula is C18H23NO. The highest BCUT2D eigenvalue weighted by Crippen LogP contribution is 2.27. The van der Waals surface area contributed by atoms with E-state index in [4.69, 9.17) is 4.74 Å². The number of ether oxygens (including phenoxy) is 1. The summed E-state index contributed by atoms with van der Waals surface area (Å²) in [7, 11) is 1.70. The molecule has 2 nitrogen and oxygen atoms in total. The summed E-state index contributed by atoms with van der Waals surface area (Å²) >= 11 is 0. The monoisotopic (exact) mass is 269 g/mol. The van der Waals surface area contributed by atoms with Crippen LogP contribution in [-0.2, 0) is 0 Å². The molecule has 0 amide bonds. The molecule has 0 fully saturated rings. The maximum atomic E-state index is 5.25. The molecule has 2 rings (SSSR count). The summed E-state index contributed by atoms with van der Waals surface area (Å²) in [6, 6.07) is 13.0. The van der Waals surface area contributed by atoms with Crippen molar-refractivity contribution in [1.82, 2.24) is 0 Å². The predicted octanol–water partition coefficient (Wildman–Crippen LogP) is 4.79. The first-order valence-electron chi connectivity index (χ1n) is 6.99. The second-order valence-electron chi connectivity index (χ2n) is 5.41. The smallest absolute Gasteiger partial charge is 0.119 e. The number of methoxy groups -OCH3 is 1. The highest BCUT2D eigenvalue weighted by molar-refractivity contribution is 5.55. The van der Waals surface area contributed by atoms with Crippen molar-refractivity contribution >= 4 is 5.69 Å². The van der Waals surface area contributed by atoms with E-state index in [1.54, 1.807) is 7.11 Å². The molecule has 2 heteroatoms. The average Bonchev–Trinajstić information content (AvgIpc) is 2.43. The van der Waals surface area contributed by atoms with Crippen LogP contribution in [0.15, 0.2) is 36.4 Å². The van der Waals surface area contributed by atoms with Gasteiger partial charge in [0.2, 0.25) is 0 Å². The molecule has 0 heterocycles. The SMILES string of the molecule is COc1ccc(NC(C)c2cc(C)ccc2C)c(C)c1. The molecule has 0 aromatic heterocycles. The van der Waals surface area contributed by atoms with E-state index in [1.165, 1.54) is 22.3 Å². The van der Waals surface area contributed by atoms with Gasteiger partial charge in [-0.2, -0.15) is 0 Å². The number of benzene rings is 2. The molecular weight excluding hydrogens is 246 g/mol. The Labute approximate surface area is 121 Å². The van der Waals surface area contributed by atoms with Crippen LogP contribution in [0.4, 0.5) is 5.69 Å². The Morgan fingerprint density at radius 1 is 0.950 bits per heavy atom. The second kappa shape index (κ2) is 6.00. The Hall–Kier alpha value is -1.96. The predicted molar refractivity (Wildman–Crippen MR) is 85.7 cm³/mol. The minimum atomic E-state index is 0.280. The van der Waals surface area contributed by atoms with Gasteiger partial charge >= 0.3 is 0 Å². The second-order valence-corrected chi connectivity index (χ2v) is 5.41. The molecule has 20 heavy (non-hydrogen) atoms. The van der Waals surface area contributed by atoms with Crippen molar-refractivity contribution in [3.63, 3.8) is 0 Å². The van der Waals surface area contributed by atoms with Gasteiger partial charge in [-0.3, -0.25) is 0 Å². The van der Waals surface area contributed by atoms with E-state index in [-0.39, 0.29) is 6.04 Å². The van der Waals surface area contributed by atoms with E-state index in [2.05, 4.69) is 63.3 Å². The van der Waals surface area contributed by atoms with Crippen LogP contribution in [0.3, 0.4) is 0 Å². The van der Waals surface area contributed by atoms with Crippen molar-refractivity contribution in [2.24, 2.45) is 0 Å². The Balaban J connectivity index is 2.23. The normalized spacial score (nSPS) is 12.1. The summed E-state index contributed by atoms with van der Waals surface area (Å²) in [4.78, 5) is 0. The van der Waals surface area contributed by atoms with Crippen molar-refractivity contribution in [2.75, 3.05) is 12.4 Å². The van der Waals surface area contributed by atoms with Crippen LogP contribution in [-0.4, -0.2) is 7.11 Å². The molecule has 2 aromatic rings. The van der Waals surface area contributed by atoms with Crippen LogP contribution < -0.4 is 10.1 Å². The first-order chi connectivity index (χ1) is 9.51. The number of hydrogen-bond acceptors (Lipinski definition) is 2. The molecule has 0 aliphatic carbocycles. The fourth-order valence-electron chi connectivity index (χ4n) is 2.46. The third kappa shape index (κ3) is 3.13. The highest BCUT2D eigenvalue weighted by atomic mass is 16.5. The molecule has 0 spiro atoms. The molecule has 0 saturated carbocycles. The molecule has 1 N–H and O–H groups in total. The molecule has 0 radical (unpaired) electrons. The third-order valence-electron chi connectivity index (χ3n) is 3.71. The van der Waals surface area contributed by atoms with Gasteiger partial charge in [0, 0.05) is 11.7 Å². The molecule has 0 saturated heterocycles. The van der Waals surface area contributed by atoms with Crippen LogP contribution >= 0.6 is 0 Å². The van der Waals surface area contributed by atoms with E-state index < -0.39 is 0 Å². The van der Waals surface area contributed by atoms with E-state index in [9.17, 15) is 0 Å². The molecule has 0 aliphatic rings. The van der Waals surface area contributed by atoms with Gasteiger partial charge in [0.1, 0.15) is 5.75 Å². The van der Waals surface area contributed by atoms with Gasteiger partial charge in [0.25, 0.3) is 0 Å². The number of aryl methyl sites for hydroxylation is 3. The third-order valence-corrected chi connectivity index (χ3v) is 3.71. The van der Waals surface area contributed by atoms with Crippen LogP contribution in [0.1, 0.15) is 35.2 Å². The van der Waals surface area contributed by atoms with Gasteiger partial charge in [0.15, 0.2) is 0 Å². The number of anilines is 1. The molecule has 2 aromatic carbocycles. The Bertz CT molecular complexity index is 604. The maximum absolute atomic E-state index is 5.25. The summed E-state index contributed by atoms with van der Waals surface area (Å²) in [6.45, 7) is 8.59. The van der Waals surface area contributed by atoms with Crippen LogP contribution in [0.25, 0.3) is 0 Å². The Kier molecular flexibility index (Phi) is 4.33. The van der Waals surface area contributed by atoms with Gasteiger partial charge < -0.3 is 10.1 Å². The summed E-state index contributed by atoms with van der Waals surface area (Å²) in [6.07, 6.45) is 0. The van der Waals surface area contributed by atoms with Crippen molar-refractivity contribution < 1.29 is 4.74 Å². The molecule has 1 unspecified atom stereocenters. The van der Waals surface area contributed by atoms with Gasteiger partial charge in [0.05, 0.1) is 7.11 Å².